The van der Waals surface area contributed by atoms with Crippen molar-refractivity contribution in [1.82, 2.24) is 19.7 Å². The largest absolute Gasteiger partial charge is 0.298 e. The maximum Gasteiger partial charge on any atom is 0.153 e. The van der Waals surface area contributed by atoms with Crippen LogP contribution >= 0.6 is 0 Å². The van der Waals surface area contributed by atoms with Gasteiger partial charge in [0.25, 0.3) is 0 Å². The lowest BCUT2D eigenvalue weighted by molar-refractivity contribution is 0.112. The Bertz CT molecular complexity index is 738. The predicted molar refractivity (Wildman–Crippen MR) is 69.9 cm³/mol. The fourth-order valence-electron chi connectivity index (χ4n) is 1.82. The molecule has 0 saturated carbocycles. The van der Waals surface area contributed by atoms with Crippen LogP contribution in [-0.2, 0) is 0 Å². The summed E-state index contributed by atoms with van der Waals surface area (Å²) in [5.41, 5.74) is 2.01. The van der Waals surface area contributed by atoms with Crippen molar-refractivity contribution in [1.29, 1.82) is 0 Å². The third kappa shape index (κ3) is 2.18. The van der Waals surface area contributed by atoms with E-state index in [1.165, 1.54) is 29.2 Å². The molecule has 2 heterocycles. The normalized spacial score (nSPS) is 10.4. The summed E-state index contributed by atoms with van der Waals surface area (Å²) in [7, 11) is 0. The molecule has 20 heavy (non-hydrogen) atoms. The Labute approximate surface area is 113 Å². The molecule has 6 heteroatoms. The molecule has 0 saturated heterocycles. The average molecular weight is 268 g/mol. The van der Waals surface area contributed by atoms with E-state index in [2.05, 4.69) is 15.1 Å². The molecule has 0 spiro atoms. The van der Waals surface area contributed by atoms with Gasteiger partial charge in [-0.15, -0.1) is 0 Å². The minimum atomic E-state index is -0.328. The van der Waals surface area contributed by atoms with Crippen molar-refractivity contribution in [3.8, 4) is 17.1 Å². The number of hydrogen-bond donors (Lipinski definition) is 0. The van der Waals surface area contributed by atoms with Gasteiger partial charge in [0.05, 0.1) is 17.4 Å². The fraction of sp³-hybridized carbons (Fsp3) is 0. The number of benzene rings is 1. The summed E-state index contributed by atoms with van der Waals surface area (Å²) >= 11 is 0. The minimum absolute atomic E-state index is 0.328. The maximum absolute atomic E-state index is 12.9. The lowest BCUT2D eigenvalue weighted by atomic mass is 10.2. The molecule has 0 bridgehead atoms. The van der Waals surface area contributed by atoms with Crippen molar-refractivity contribution in [2.75, 3.05) is 0 Å². The molecule has 0 fully saturated rings. The van der Waals surface area contributed by atoms with Crippen LogP contribution < -0.4 is 0 Å². The standard InChI is InChI=1S/C14H9FN4O/c15-11-1-3-12(4-2-11)19-8-10(9-20)14(18-19)13-7-16-5-6-17-13/h1-9H. The highest BCUT2D eigenvalue weighted by Gasteiger charge is 2.12. The molecule has 0 radical (unpaired) electrons. The number of rotatable bonds is 3. The summed E-state index contributed by atoms with van der Waals surface area (Å²) in [5.74, 6) is -0.328. The quantitative estimate of drug-likeness (QED) is 0.684. The third-order valence-corrected chi connectivity index (χ3v) is 2.77. The number of aldehydes is 1. The Kier molecular flexibility index (Phi) is 3.04. The summed E-state index contributed by atoms with van der Waals surface area (Å²) in [6.07, 6.45) is 6.88. The van der Waals surface area contributed by atoms with Crippen LogP contribution in [0.2, 0.25) is 0 Å². The second-order valence-electron chi connectivity index (χ2n) is 4.06. The van der Waals surface area contributed by atoms with Crippen molar-refractivity contribution >= 4 is 6.29 Å². The first-order chi connectivity index (χ1) is 9.78. The van der Waals surface area contributed by atoms with Crippen LogP contribution in [0, 0.1) is 5.82 Å². The summed E-state index contributed by atoms with van der Waals surface area (Å²) in [4.78, 5) is 19.2. The fourth-order valence-corrected chi connectivity index (χ4v) is 1.82. The third-order valence-electron chi connectivity index (χ3n) is 2.77. The maximum atomic E-state index is 12.9. The van der Waals surface area contributed by atoms with Crippen molar-refractivity contribution < 1.29 is 9.18 Å². The molecular weight excluding hydrogens is 259 g/mol. The first-order valence-electron chi connectivity index (χ1n) is 5.85. The van der Waals surface area contributed by atoms with Gasteiger partial charge in [-0.25, -0.2) is 9.07 Å². The second-order valence-corrected chi connectivity index (χ2v) is 4.06. The minimum Gasteiger partial charge on any atom is -0.298 e. The zero-order valence-corrected chi connectivity index (χ0v) is 10.3. The van der Waals surface area contributed by atoms with Crippen molar-refractivity contribution in [2.45, 2.75) is 0 Å². The Morgan fingerprint density at radius 2 is 1.95 bits per heavy atom. The number of aromatic nitrogens is 4. The topological polar surface area (TPSA) is 60.7 Å². The van der Waals surface area contributed by atoms with Crippen molar-refractivity contribution in [2.24, 2.45) is 0 Å². The van der Waals surface area contributed by atoms with Gasteiger partial charge in [0.2, 0.25) is 0 Å². The zero-order valence-electron chi connectivity index (χ0n) is 10.3. The number of carbonyl (C=O) groups is 1. The van der Waals surface area contributed by atoms with E-state index in [0.717, 1.165) is 0 Å². The average Bonchev–Trinajstić information content (AvgIpc) is 2.93. The summed E-state index contributed by atoms with van der Waals surface area (Å²) < 4.78 is 14.4. The van der Waals surface area contributed by atoms with Gasteiger partial charge in [-0.1, -0.05) is 0 Å². The molecule has 2 aromatic heterocycles. The molecule has 0 aliphatic rings. The van der Waals surface area contributed by atoms with Gasteiger partial charge in [0.1, 0.15) is 17.2 Å². The van der Waals surface area contributed by atoms with E-state index in [0.29, 0.717) is 28.9 Å². The summed E-state index contributed by atoms with van der Waals surface area (Å²) in [5, 5.41) is 4.31. The van der Waals surface area contributed by atoms with Gasteiger partial charge in [-0.2, -0.15) is 5.10 Å². The number of nitrogens with zero attached hydrogens (tertiary/aromatic N) is 4. The molecule has 0 unspecified atom stereocenters. The zero-order chi connectivity index (χ0) is 13.9. The Morgan fingerprint density at radius 1 is 1.15 bits per heavy atom. The Balaban J connectivity index is 2.09. The van der Waals surface area contributed by atoms with Gasteiger partial charge < -0.3 is 0 Å². The molecule has 0 aliphatic carbocycles. The predicted octanol–water partition coefficient (Wildman–Crippen LogP) is 2.28. The lowest BCUT2D eigenvalue weighted by Crippen LogP contribution is -1.95. The molecule has 1 aromatic carbocycles. The van der Waals surface area contributed by atoms with E-state index in [9.17, 15) is 9.18 Å². The summed E-state index contributed by atoms with van der Waals surface area (Å²) in [6.45, 7) is 0. The molecule has 5 nitrogen and oxygen atoms in total. The van der Waals surface area contributed by atoms with Gasteiger partial charge >= 0.3 is 0 Å². The van der Waals surface area contributed by atoms with E-state index in [-0.39, 0.29) is 5.82 Å². The SMILES string of the molecule is O=Cc1cn(-c2ccc(F)cc2)nc1-c1cnccn1. The van der Waals surface area contributed by atoms with Gasteiger partial charge in [-0.05, 0) is 24.3 Å². The molecule has 3 rings (SSSR count). The smallest absolute Gasteiger partial charge is 0.153 e. The van der Waals surface area contributed by atoms with E-state index in [4.69, 9.17) is 0 Å². The first-order valence-corrected chi connectivity index (χ1v) is 5.85. The van der Waals surface area contributed by atoms with Crippen molar-refractivity contribution in [3.05, 3.63) is 60.4 Å². The number of hydrogen-bond acceptors (Lipinski definition) is 4. The molecular formula is C14H9FN4O. The number of halogens is 1. The molecule has 98 valence electrons. The van der Waals surface area contributed by atoms with E-state index in [1.807, 2.05) is 0 Å². The van der Waals surface area contributed by atoms with Crippen molar-refractivity contribution in [3.63, 3.8) is 0 Å². The molecule has 3 aromatic rings. The molecule has 0 amide bonds. The van der Waals surface area contributed by atoms with Crippen LogP contribution in [-0.4, -0.2) is 26.0 Å². The molecule has 0 atom stereocenters. The van der Waals surface area contributed by atoms with Crippen LogP contribution in [0.5, 0.6) is 0 Å². The molecule has 0 aliphatic heterocycles. The highest BCUT2D eigenvalue weighted by atomic mass is 19.1. The number of carbonyl (C=O) groups excluding carboxylic acids is 1. The van der Waals surface area contributed by atoms with Crippen LogP contribution in [0.3, 0.4) is 0 Å². The first kappa shape index (κ1) is 12.2. The second kappa shape index (κ2) is 5.00. The van der Waals surface area contributed by atoms with Crippen LogP contribution in [0.1, 0.15) is 10.4 Å². The van der Waals surface area contributed by atoms with Crippen LogP contribution in [0.25, 0.3) is 17.1 Å². The highest BCUT2D eigenvalue weighted by Crippen LogP contribution is 2.19. The van der Waals surface area contributed by atoms with E-state index in [1.54, 1.807) is 24.5 Å². The van der Waals surface area contributed by atoms with Gasteiger partial charge in [-0.3, -0.25) is 14.8 Å². The monoisotopic (exact) mass is 268 g/mol. The Hall–Kier alpha value is -2.89. The van der Waals surface area contributed by atoms with E-state index >= 15 is 0 Å². The van der Waals surface area contributed by atoms with Crippen LogP contribution in [0.4, 0.5) is 4.39 Å². The van der Waals surface area contributed by atoms with Crippen LogP contribution in [0.15, 0.2) is 49.1 Å². The summed E-state index contributed by atoms with van der Waals surface area (Å²) in [6, 6.07) is 5.83. The highest BCUT2D eigenvalue weighted by molar-refractivity contribution is 5.84. The van der Waals surface area contributed by atoms with Gasteiger partial charge in [0.15, 0.2) is 6.29 Å². The lowest BCUT2D eigenvalue weighted by Gasteiger charge is -2.00. The van der Waals surface area contributed by atoms with Gasteiger partial charge in [0, 0.05) is 18.6 Å². The Morgan fingerprint density at radius 3 is 2.60 bits per heavy atom. The molecule has 0 N–H and O–H groups in total. The van der Waals surface area contributed by atoms with E-state index < -0.39 is 0 Å².